The van der Waals surface area contributed by atoms with Crippen LogP contribution in [-0.2, 0) is 11.3 Å². The summed E-state index contributed by atoms with van der Waals surface area (Å²) >= 11 is 1.57. The average Bonchev–Trinajstić information content (AvgIpc) is 2.73. The fourth-order valence-corrected chi connectivity index (χ4v) is 4.12. The first-order valence-electron chi connectivity index (χ1n) is 9.21. The minimum absolute atomic E-state index is 0.0865. The number of carbonyl (C=O) groups is 1. The summed E-state index contributed by atoms with van der Waals surface area (Å²) in [5.74, 6) is 0.586. The molecule has 0 atom stereocenters. The third-order valence-corrected chi connectivity index (χ3v) is 5.53. The summed E-state index contributed by atoms with van der Waals surface area (Å²) in [5.41, 5.74) is 3.07. The number of aliphatic imine (C=N–C) groups is 1. The van der Waals surface area contributed by atoms with Crippen molar-refractivity contribution >= 4 is 52.7 Å². The van der Waals surface area contributed by atoms with Crippen LogP contribution in [0.25, 0.3) is 17.0 Å². The summed E-state index contributed by atoms with van der Waals surface area (Å²) in [4.78, 5) is 30.0. The van der Waals surface area contributed by atoms with Crippen LogP contribution in [0, 0.1) is 6.92 Å². The number of thioether (sulfide) groups is 1. The van der Waals surface area contributed by atoms with Crippen molar-refractivity contribution in [1.82, 2.24) is 4.57 Å². The van der Waals surface area contributed by atoms with Gasteiger partial charge in [0.2, 0.25) is 0 Å². The number of fused-ring (bicyclic) bond motifs is 1. The number of hydrogen-bond donors (Lipinski definition) is 1. The molecule has 1 aromatic heterocycles. The molecule has 0 aliphatic rings. The summed E-state index contributed by atoms with van der Waals surface area (Å²) in [5, 5.41) is 3.95. The van der Waals surface area contributed by atoms with Gasteiger partial charge >= 0.3 is 0 Å². The van der Waals surface area contributed by atoms with Crippen LogP contribution in [0.4, 0.5) is 11.5 Å². The van der Waals surface area contributed by atoms with Crippen LogP contribution in [0.15, 0.2) is 63.2 Å². The molecule has 0 radical (unpaired) electrons. The number of nitrogens with one attached hydrogen (secondary N) is 1. The molecule has 29 heavy (non-hydrogen) atoms. The van der Waals surface area contributed by atoms with E-state index in [9.17, 15) is 9.59 Å². The minimum Gasteiger partial charge on any atom is -0.341 e. The number of aromatic nitrogens is 1. The third kappa shape index (κ3) is 4.17. The Hall–Kier alpha value is -3.12. The number of benzene rings is 2. The van der Waals surface area contributed by atoms with Crippen molar-refractivity contribution in [2.45, 2.75) is 18.4 Å². The third-order valence-electron chi connectivity index (χ3n) is 4.61. The van der Waals surface area contributed by atoms with Crippen molar-refractivity contribution in [2.24, 2.45) is 4.99 Å². The molecule has 0 fully saturated rings. The first kappa shape index (κ1) is 20.6. The molecule has 2 aromatic carbocycles. The first-order chi connectivity index (χ1) is 14.1. The number of para-hydroxylation sites is 1. The Morgan fingerprint density at radius 1 is 1.17 bits per heavy atom. The van der Waals surface area contributed by atoms with Crippen molar-refractivity contribution in [1.29, 1.82) is 0 Å². The van der Waals surface area contributed by atoms with Crippen molar-refractivity contribution in [2.75, 3.05) is 18.6 Å². The summed E-state index contributed by atoms with van der Waals surface area (Å²) < 4.78 is 1.89. The summed E-state index contributed by atoms with van der Waals surface area (Å²) in [7, 11) is 1.67. The molecular weight excluding hydrogens is 382 g/mol. The molecule has 0 saturated heterocycles. The predicted molar refractivity (Wildman–Crippen MR) is 124 cm³/mol. The zero-order valence-corrected chi connectivity index (χ0v) is 17.5. The van der Waals surface area contributed by atoms with Gasteiger partial charge in [-0.05, 0) is 49.1 Å². The van der Waals surface area contributed by atoms with Gasteiger partial charge in [0.25, 0.3) is 0 Å². The minimum atomic E-state index is -0.0865. The van der Waals surface area contributed by atoms with Crippen LogP contribution in [0.5, 0.6) is 0 Å². The first-order valence-corrected chi connectivity index (χ1v) is 10.4. The lowest BCUT2D eigenvalue weighted by molar-refractivity contribution is -0.108. The number of nitrogens with zero attached hydrogens (tertiary/aromatic N) is 2. The molecule has 3 aromatic rings. The average molecular weight is 406 g/mol. The second-order valence-corrected chi connectivity index (χ2v) is 7.25. The van der Waals surface area contributed by atoms with Crippen LogP contribution < -0.4 is 10.7 Å². The van der Waals surface area contributed by atoms with Gasteiger partial charge in [0.1, 0.15) is 12.1 Å². The van der Waals surface area contributed by atoms with E-state index in [0.29, 0.717) is 16.8 Å². The zero-order valence-electron chi connectivity index (χ0n) is 16.7. The van der Waals surface area contributed by atoms with E-state index in [-0.39, 0.29) is 12.0 Å². The molecular formula is C23H23N3O2S. The predicted octanol–water partition coefficient (Wildman–Crippen LogP) is 4.69. The van der Waals surface area contributed by atoms with Gasteiger partial charge in [-0.25, -0.2) is 0 Å². The lowest BCUT2D eigenvalue weighted by Crippen LogP contribution is -2.19. The largest absolute Gasteiger partial charge is 0.341 e. The van der Waals surface area contributed by atoms with E-state index in [2.05, 4.69) is 10.3 Å². The van der Waals surface area contributed by atoms with Gasteiger partial charge in [0, 0.05) is 29.2 Å². The Morgan fingerprint density at radius 3 is 2.59 bits per heavy atom. The summed E-state index contributed by atoms with van der Waals surface area (Å²) in [6.45, 7) is 2.14. The van der Waals surface area contributed by atoms with Crippen LogP contribution in [0.3, 0.4) is 0 Å². The smallest absolute Gasteiger partial charge is 0.198 e. The van der Waals surface area contributed by atoms with Gasteiger partial charge in [-0.2, -0.15) is 0 Å². The van der Waals surface area contributed by atoms with Crippen LogP contribution >= 0.6 is 11.8 Å². The van der Waals surface area contributed by atoms with Gasteiger partial charge in [-0.15, -0.1) is 11.8 Å². The molecule has 3 rings (SSSR count). The monoisotopic (exact) mass is 405 g/mol. The van der Waals surface area contributed by atoms with Gasteiger partial charge in [0.15, 0.2) is 5.43 Å². The number of allylic oxidation sites excluding steroid dienone is 1. The number of carbonyl (C=O) groups excluding carboxylic acids is 1. The fraction of sp³-hybridized carbons (Fsp3) is 0.174. The van der Waals surface area contributed by atoms with Crippen molar-refractivity contribution < 1.29 is 4.79 Å². The van der Waals surface area contributed by atoms with E-state index in [1.807, 2.05) is 60.2 Å². The van der Waals surface area contributed by atoms with E-state index in [1.54, 1.807) is 37.2 Å². The highest BCUT2D eigenvalue weighted by molar-refractivity contribution is 7.98. The Bertz CT molecular complexity index is 1150. The van der Waals surface area contributed by atoms with Gasteiger partial charge in [0.05, 0.1) is 17.6 Å². The van der Waals surface area contributed by atoms with E-state index >= 15 is 0 Å². The molecule has 0 spiro atoms. The normalized spacial score (nSPS) is 11.6. The highest BCUT2D eigenvalue weighted by Crippen LogP contribution is 2.33. The molecule has 0 aliphatic heterocycles. The van der Waals surface area contributed by atoms with Gasteiger partial charge in [-0.3, -0.25) is 9.79 Å². The van der Waals surface area contributed by atoms with Crippen molar-refractivity contribution in [3.8, 4) is 0 Å². The number of aldehydes is 1. The number of hydrogen-bond acceptors (Lipinski definition) is 5. The molecule has 1 heterocycles. The SMILES string of the molecule is CN=C/C=C\c1c(Nc2ccccc2)n(CC=O)c2c(SC)c(C)ccc2c1=O. The molecule has 5 nitrogen and oxygen atoms in total. The summed E-state index contributed by atoms with van der Waals surface area (Å²) in [6, 6.07) is 13.4. The Morgan fingerprint density at radius 2 is 1.93 bits per heavy atom. The van der Waals surface area contributed by atoms with Crippen LogP contribution in [0.1, 0.15) is 11.1 Å². The number of rotatable bonds is 7. The standard InChI is InChI=1S/C23H23N3O2S/c1-16-11-12-18-20(22(16)29-3)26(14-15-27)23(25-17-8-5-4-6-9-17)19(21(18)28)10-7-13-24-2/h4-13,15,25H,14H2,1-3H3/b10-7-,24-13?. The quantitative estimate of drug-likeness (QED) is 0.352. The molecule has 0 bridgehead atoms. The van der Waals surface area contributed by atoms with Gasteiger partial charge in [-0.1, -0.05) is 24.3 Å². The van der Waals surface area contributed by atoms with E-state index in [0.717, 1.165) is 27.9 Å². The zero-order chi connectivity index (χ0) is 20.8. The lowest BCUT2D eigenvalue weighted by atomic mass is 10.1. The van der Waals surface area contributed by atoms with Crippen molar-refractivity contribution in [3.63, 3.8) is 0 Å². The highest BCUT2D eigenvalue weighted by atomic mass is 32.2. The number of anilines is 2. The maximum absolute atomic E-state index is 13.4. The maximum Gasteiger partial charge on any atom is 0.198 e. The molecule has 6 heteroatoms. The molecule has 1 N–H and O–H groups in total. The highest BCUT2D eigenvalue weighted by Gasteiger charge is 2.19. The van der Waals surface area contributed by atoms with E-state index < -0.39 is 0 Å². The fourth-order valence-electron chi connectivity index (χ4n) is 3.32. The molecule has 0 amide bonds. The Labute approximate surface area is 174 Å². The lowest BCUT2D eigenvalue weighted by Gasteiger charge is -2.21. The number of aryl methyl sites for hydroxylation is 1. The molecule has 0 saturated carbocycles. The van der Waals surface area contributed by atoms with E-state index in [1.165, 1.54) is 0 Å². The molecule has 0 unspecified atom stereocenters. The van der Waals surface area contributed by atoms with Gasteiger partial charge < -0.3 is 14.7 Å². The second-order valence-electron chi connectivity index (χ2n) is 6.44. The van der Waals surface area contributed by atoms with Crippen molar-refractivity contribution in [3.05, 3.63) is 69.9 Å². The second kappa shape index (κ2) is 9.39. The topological polar surface area (TPSA) is 63.5 Å². The molecule has 0 aliphatic carbocycles. The van der Waals surface area contributed by atoms with E-state index in [4.69, 9.17) is 0 Å². The Kier molecular flexibility index (Phi) is 6.67. The molecule has 148 valence electrons. The summed E-state index contributed by atoms with van der Waals surface area (Å²) in [6.07, 6.45) is 7.93. The number of pyridine rings is 1. The maximum atomic E-state index is 13.4. The van der Waals surface area contributed by atoms with Crippen LogP contribution in [0.2, 0.25) is 0 Å². The van der Waals surface area contributed by atoms with Crippen LogP contribution in [-0.4, -0.2) is 30.4 Å². The Balaban J connectivity index is 2.44.